The smallest absolute Gasteiger partial charge is 0.271 e. The third kappa shape index (κ3) is 2.19. The Morgan fingerprint density at radius 2 is 2.38 bits per heavy atom. The average molecular weight is 220 g/mol. The molecular formula is C11H16N4O. The van der Waals surface area contributed by atoms with Crippen LogP contribution >= 0.6 is 0 Å². The summed E-state index contributed by atoms with van der Waals surface area (Å²) in [5.41, 5.74) is 2.36. The largest absolute Gasteiger partial charge is 0.351 e. The highest BCUT2D eigenvalue weighted by Gasteiger charge is 2.17. The van der Waals surface area contributed by atoms with Crippen molar-refractivity contribution in [1.82, 2.24) is 20.2 Å². The lowest BCUT2D eigenvalue weighted by Crippen LogP contribution is -2.30. The Kier molecular flexibility index (Phi) is 3.14. The van der Waals surface area contributed by atoms with Crippen LogP contribution in [-0.4, -0.2) is 40.9 Å². The van der Waals surface area contributed by atoms with Gasteiger partial charge in [0.2, 0.25) is 0 Å². The number of fused-ring (bicyclic) bond motifs is 1. The Morgan fingerprint density at radius 3 is 3.12 bits per heavy atom. The number of amides is 1. The summed E-state index contributed by atoms with van der Waals surface area (Å²) in [6, 6.07) is 0. The molecule has 0 saturated heterocycles. The lowest BCUT2D eigenvalue weighted by Gasteiger charge is -2.23. The van der Waals surface area contributed by atoms with Gasteiger partial charge >= 0.3 is 0 Å². The minimum atomic E-state index is -0.147. The van der Waals surface area contributed by atoms with E-state index < -0.39 is 0 Å². The van der Waals surface area contributed by atoms with Crippen molar-refractivity contribution in [2.45, 2.75) is 19.9 Å². The summed E-state index contributed by atoms with van der Waals surface area (Å²) in [5.74, 6) is -0.147. The second kappa shape index (κ2) is 4.57. The zero-order valence-electron chi connectivity index (χ0n) is 9.66. The normalized spacial score (nSPS) is 15.6. The third-order valence-corrected chi connectivity index (χ3v) is 2.65. The zero-order valence-corrected chi connectivity index (χ0v) is 9.66. The van der Waals surface area contributed by atoms with Crippen molar-refractivity contribution in [3.8, 4) is 0 Å². The Morgan fingerprint density at radius 1 is 1.56 bits per heavy atom. The fourth-order valence-electron chi connectivity index (χ4n) is 1.78. The molecule has 0 aliphatic carbocycles. The summed E-state index contributed by atoms with van der Waals surface area (Å²) >= 11 is 0. The molecule has 2 rings (SSSR count). The highest BCUT2D eigenvalue weighted by atomic mass is 16.1. The molecule has 16 heavy (non-hydrogen) atoms. The van der Waals surface area contributed by atoms with Gasteiger partial charge in [-0.25, -0.2) is 4.98 Å². The van der Waals surface area contributed by atoms with Crippen molar-refractivity contribution in [2.75, 3.05) is 20.1 Å². The van der Waals surface area contributed by atoms with Crippen LogP contribution in [0.1, 0.15) is 28.8 Å². The number of carbonyl (C=O) groups is 1. The predicted octanol–water partition coefficient (Wildman–Crippen LogP) is 0.214. The SMILES string of the molecule is CCNC(=O)c1cnc2c(n1)CN(C)CC2. The second-order valence-electron chi connectivity index (χ2n) is 4.00. The van der Waals surface area contributed by atoms with Gasteiger partial charge in [0.25, 0.3) is 5.91 Å². The Hall–Kier alpha value is -1.49. The van der Waals surface area contributed by atoms with E-state index in [9.17, 15) is 4.79 Å². The lowest BCUT2D eigenvalue weighted by molar-refractivity contribution is 0.0949. The second-order valence-corrected chi connectivity index (χ2v) is 4.00. The number of rotatable bonds is 2. The summed E-state index contributed by atoms with van der Waals surface area (Å²) in [7, 11) is 2.05. The third-order valence-electron chi connectivity index (χ3n) is 2.65. The molecule has 5 nitrogen and oxygen atoms in total. The monoisotopic (exact) mass is 220 g/mol. The van der Waals surface area contributed by atoms with Crippen molar-refractivity contribution >= 4 is 5.91 Å². The predicted molar refractivity (Wildman–Crippen MR) is 60.1 cm³/mol. The topological polar surface area (TPSA) is 58.1 Å². The van der Waals surface area contributed by atoms with Crippen LogP contribution in [-0.2, 0) is 13.0 Å². The van der Waals surface area contributed by atoms with Crippen LogP contribution in [0.2, 0.25) is 0 Å². The first-order chi connectivity index (χ1) is 7.70. The fourth-order valence-corrected chi connectivity index (χ4v) is 1.78. The van der Waals surface area contributed by atoms with Gasteiger partial charge in [0.1, 0.15) is 5.69 Å². The van der Waals surface area contributed by atoms with Gasteiger partial charge in [-0.3, -0.25) is 9.78 Å². The molecule has 0 fully saturated rings. The quantitative estimate of drug-likeness (QED) is 0.774. The summed E-state index contributed by atoms with van der Waals surface area (Å²) in [4.78, 5) is 22.4. The molecule has 0 saturated carbocycles. The number of likely N-dealkylation sites (N-methyl/N-ethyl adjacent to an activating group) is 1. The van der Waals surface area contributed by atoms with Crippen molar-refractivity contribution in [3.05, 3.63) is 23.3 Å². The van der Waals surface area contributed by atoms with E-state index >= 15 is 0 Å². The van der Waals surface area contributed by atoms with E-state index in [1.54, 1.807) is 6.20 Å². The molecule has 0 radical (unpaired) electrons. The average Bonchev–Trinajstić information content (AvgIpc) is 2.28. The Balaban J connectivity index is 2.24. The summed E-state index contributed by atoms with van der Waals surface area (Å²) in [6.45, 7) is 4.27. The lowest BCUT2D eigenvalue weighted by atomic mass is 10.1. The highest BCUT2D eigenvalue weighted by Crippen LogP contribution is 2.13. The van der Waals surface area contributed by atoms with E-state index in [0.717, 1.165) is 30.9 Å². The molecule has 5 heteroatoms. The first-order valence-corrected chi connectivity index (χ1v) is 5.52. The molecular weight excluding hydrogens is 204 g/mol. The van der Waals surface area contributed by atoms with Gasteiger partial charge in [-0.2, -0.15) is 0 Å². The number of nitrogens with one attached hydrogen (secondary N) is 1. The van der Waals surface area contributed by atoms with E-state index in [1.807, 2.05) is 14.0 Å². The van der Waals surface area contributed by atoms with Crippen molar-refractivity contribution in [1.29, 1.82) is 0 Å². The van der Waals surface area contributed by atoms with E-state index in [4.69, 9.17) is 0 Å². The van der Waals surface area contributed by atoms with Gasteiger partial charge in [-0.05, 0) is 14.0 Å². The first-order valence-electron chi connectivity index (χ1n) is 5.52. The standard InChI is InChI=1S/C11H16N4O/c1-3-12-11(16)9-6-13-8-4-5-15(2)7-10(8)14-9/h6H,3-5,7H2,1-2H3,(H,12,16). The van der Waals surface area contributed by atoms with E-state index in [2.05, 4.69) is 20.2 Å². The molecule has 0 bridgehead atoms. The van der Waals surface area contributed by atoms with Gasteiger partial charge in [-0.1, -0.05) is 0 Å². The molecule has 86 valence electrons. The van der Waals surface area contributed by atoms with E-state index in [0.29, 0.717) is 12.2 Å². The molecule has 1 N–H and O–H groups in total. The highest BCUT2D eigenvalue weighted by molar-refractivity contribution is 5.91. The zero-order chi connectivity index (χ0) is 11.5. The van der Waals surface area contributed by atoms with Gasteiger partial charge in [0, 0.05) is 26.1 Å². The van der Waals surface area contributed by atoms with Crippen molar-refractivity contribution in [3.63, 3.8) is 0 Å². The number of hydrogen-bond donors (Lipinski definition) is 1. The van der Waals surface area contributed by atoms with Crippen LogP contribution < -0.4 is 5.32 Å². The fraction of sp³-hybridized carbons (Fsp3) is 0.545. The van der Waals surface area contributed by atoms with Crippen LogP contribution in [0.25, 0.3) is 0 Å². The maximum atomic E-state index is 11.6. The maximum Gasteiger partial charge on any atom is 0.271 e. The first kappa shape index (κ1) is 11.0. The Labute approximate surface area is 94.9 Å². The minimum absolute atomic E-state index is 0.147. The number of hydrogen-bond acceptors (Lipinski definition) is 4. The molecule has 0 atom stereocenters. The molecule has 1 amide bonds. The number of carbonyl (C=O) groups excluding carboxylic acids is 1. The number of aromatic nitrogens is 2. The van der Waals surface area contributed by atoms with Crippen LogP contribution in [0.15, 0.2) is 6.20 Å². The minimum Gasteiger partial charge on any atom is -0.351 e. The van der Waals surface area contributed by atoms with Crippen LogP contribution in [0.3, 0.4) is 0 Å². The molecule has 1 aliphatic rings. The molecule has 0 unspecified atom stereocenters. The molecule has 0 aromatic carbocycles. The molecule has 2 heterocycles. The van der Waals surface area contributed by atoms with Crippen molar-refractivity contribution < 1.29 is 4.79 Å². The van der Waals surface area contributed by atoms with Gasteiger partial charge in [0.15, 0.2) is 0 Å². The van der Waals surface area contributed by atoms with Crippen LogP contribution in [0, 0.1) is 0 Å². The molecule has 1 aliphatic heterocycles. The van der Waals surface area contributed by atoms with Crippen LogP contribution in [0.5, 0.6) is 0 Å². The molecule has 0 spiro atoms. The summed E-state index contributed by atoms with van der Waals surface area (Å²) in [6.07, 6.45) is 2.48. The van der Waals surface area contributed by atoms with E-state index in [1.165, 1.54) is 0 Å². The Bertz CT molecular complexity index is 405. The maximum absolute atomic E-state index is 11.6. The van der Waals surface area contributed by atoms with Gasteiger partial charge in [0.05, 0.1) is 17.6 Å². The van der Waals surface area contributed by atoms with Gasteiger partial charge in [-0.15, -0.1) is 0 Å². The summed E-state index contributed by atoms with van der Waals surface area (Å²) < 4.78 is 0. The molecule has 1 aromatic heterocycles. The van der Waals surface area contributed by atoms with Crippen LogP contribution in [0.4, 0.5) is 0 Å². The van der Waals surface area contributed by atoms with E-state index in [-0.39, 0.29) is 5.91 Å². The summed E-state index contributed by atoms with van der Waals surface area (Å²) in [5, 5.41) is 2.72. The van der Waals surface area contributed by atoms with Gasteiger partial charge < -0.3 is 10.2 Å². The number of nitrogens with zero attached hydrogens (tertiary/aromatic N) is 3. The molecule has 1 aromatic rings. The van der Waals surface area contributed by atoms with Crippen molar-refractivity contribution in [2.24, 2.45) is 0 Å².